The van der Waals surface area contributed by atoms with Gasteiger partial charge in [0.2, 0.25) is 5.91 Å². The van der Waals surface area contributed by atoms with Crippen molar-refractivity contribution in [2.45, 2.75) is 32.4 Å². The minimum Gasteiger partial charge on any atom is -0.444 e. The van der Waals surface area contributed by atoms with Gasteiger partial charge in [0.1, 0.15) is 12.1 Å². The van der Waals surface area contributed by atoms with Crippen LogP contribution in [0.5, 0.6) is 0 Å². The Bertz CT molecular complexity index is 334. The smallest absolute Gasteiger partial charge is 0.408 e. The van der Waals surface area contributed by atoms with Gasteiger partial charge in [0.05, 0.1) is 6.61 Å². The maximum atomic E-state index is 12.2. The lowest BCUT2D eigenvalue weighted by molar-refractivity contribution is -0.133. The lowest BCUT2D eigenvalue weighted by atomic mass is 10.1. The molecule has 6 nitrogen and oxygen atoms in total. The van der Waals surface area contributed by atoms with Crippen molar-refractivity contribution in [2.24, 2.45) is 5.92 Å². The molecule has 2 fully saturated rings. The predicted molar refractivity (Wildman–Crippen MR) is 64.0 cm³/mol. The summed E-state index contributed by atoms with van der Waals surface area (Å²) < 4.78 is 10.3. The molecule has 2 aliphatic rings. The first-order valence-electron chi connectivity index (χ1n) is 6.45. The van der Waals surface area contributed by atoms with Gasteiger partial charge in [-0.1, -0.05) is 0 Å². The number of rotatable bonds is 4. The lowest BCUT2D eigenvalue weighted by Gasteiger charge is -2.21. The fraction of sp³-hybridized carbons (Fsp3) is 0.833. The molecule has 0 saturated carbocycles. The van der Waals surface area contributed by atoms with E-state index in [1.54, 1.807) is 11.8 Å². The number of alkyl carbamates (subject to hydrolysis) is 1. The zero-order valence-corrected chi connectivity index (χ0v) is 10.8. The minimum atomic E-state index is -0.539. The SMILES string of the molecule is CCOC[C@@H]1CCN(C(=O)[C@H]2NC(=O)O[C@@H]2C)C1. The average Bonchev–Trinajstić information content (AvgIpc) is 2.92. The summed E-state index contributed by atoms with van der Waals surface area (Å²) in [7, 11) is 0. The van der Waals surface area contributed by atoms with Crippen LogP contribution in [-0.2, 0) is 14.3 Å². The monoisotopic (exact) mass is 256 g/mol. The van der Waals surface area contributed by atoms with Crippen molar-refractivity contribution < 1.29 is 19.1 Å². The molecule has 0 aromatic rings. The second kappa shape index (κ2) is 5.56. The molecule has 2 amide bonds. The largest absolute Gasteiger partial charge is 0.444 e. The molecular weight excluding hydrogens is 236 g/mol. The Hall–Kier alpha value is -1.30. The van der Waals surface area contributed by atoms with Gasteiger partial charge < -0.3 is 19.7 Å². The van der Waals surface area contributed by atoms with Crippen LogP contribution in [-0.4, -0.2) is 55.3 Å². The molecule has 0 unspecified atom stereocenters. The Balaban J connectivity index is 1.85. The van der Waals surface area contributed by atoms with Crippen molar-refractivity contribution in [1.29, 1.82) is 0 Å². The highest BCUT2D eigenvalue weighted by molar-refractivity contribution is 5.88. The standard InChI is InChI=1S/C12H20N2O4/c1-3-17-7-9-4-5-14(6-9)11(15)10-8(2)18-12(16)13-10/h8-10H,3-7H2,1-2H3,(H,13,16)/t8-,9-,10+/m1/s1. The minimum absolute atomic E-state index is 0.0488. The van der Waals surface area contributed by atoms with Crippen molar-refractivity contribution in [3.8, 4) is 0 Å². The van der Waals surface area contributed by atoms with E-state index in [9.17, 15) is 9.59 Å². The van der Waals surface area contributed by atoms with Crippen LogP contribution in [0, 0.1) is 5.92 Å². The number of nitrogens with zero attached hydrogens (tertiary/aromatic N) is 1. The molecule has 2 aliphatic heterocycles. The molecule has 2 heterocycles. The molecule has 0 radical (unpaired) electrons. The molecule has 6 heteroatoms. The first-order valence-corrected chi connectivity index (χ1v) is 6.45. The van der Waals surface area contributed by atoms with Gasteiger partial charge in [0, 0.05) is 25.6 Å². The van der Waals surface area contributed by atoms with E-state index in [1.807, 2.05) is 6.92 Å². The highest BCUT2D eigenvalue weighted by atomic mass is 16.6. The first kappa shape index (κ1) is 13.1. The number of hydrogen-bond acceptors (Lipinski definition) is 4. The van der Waals surface area contributed by atoms with Crippen LogP contribution in [0.15, 0.2) is 0 Å². The number of ether oxygens (including phenoxy) is 2. The van der Waals surface area contributed by atoms with Gasteiger partial charge in [-0.25, -0.2) is 4.79 Å². The summed E-state index contributed by atoms with van der Waals surface area (Å²) in [5, 5.41) is 2.55. The third-order valence-corrected chi connectivity index (χ3v) is 3.46. The number of cyclic esters (lactones) is 1. The number of amides is 2. The van der Waals surface area contributed by atoms with Gasteiger partial charge in [0.15, 0.2) is 0 Å². The lowest BCUT2D eigenvalue weighted by Crippen LogP contribution is -2.47. The molecule has 18 heavy (non-hydrogen) atoms. The Labute approximate surface area is 107 Å². The summed E-state index contributed by atoms with van der Waals surface area (Å²) in [6.07, 6.45) is 0.0589. The molecular formula is C12H20N2O4. The normalized spacial score (nSPS) is 31.3. The van der Waals surface area contributed by atoms with Crippen LogP contribution < -0.4 is 5.32 Å². The third-order valence-electron chi connectivity index (χ3n) is 3.46. The van der Waals surface area contributed by atoms with E-state index in [0.717, 1.165) is 13.0 Å². The van der Waals surface area contributed by atoms with Crippen LogP contribution in [0.25, 0.3) is 0 Å². The zero-order chi connectivity index (χ0) is 13.1. The van der Waals surface area contributed by atoms with Crippen molar-refractivity contribution in [1.82, 2.24) is 10.2 Å². The Morgan fingerprint density at radius 1 is 1.61 bits per heavy atom. The van der Waals surface area contributed by atoms with Crippen LogP contribution in [0.4, 0.5) is 4.79 Å². The highest BCUT2D eigenvalue weighted by Crippen LogP contribution is 2.20. The maximum absolute atomic E-state index is 12.2. The third kappa shape index (κ3) is 2.75. The molecule has 2 saturated heterocycles. The molecule has 2 rings (SSSR count). The Morgan fingerprint density at radius 2 is 2.39 bits per heavy atom. The van der Waals surface area contributed by atoms with E-state index >= 15 is 0 Å². The van der Waals surface area contributed by atoms with E-state index in [4.69, 9.17) is 9.47 Å². The molecule has 1 N–H and O–H groups in total. The summed E-state index contributed by atoms with van der Waals surface area (Å²) in [5.41, 5.74) is 0. The number of carbonyl (C=O) groups is 2. The predicted octanol–water partition coefficient (Wildman–Crippen LogP) is 0.368. The second-order valence-electron chi connectivity index (χ2n) is 4.83. The van der Waals surface area contributed by atoms with Crippen LogP contribution in [0.3, 0.4) is 0 Å². The van der Waals surface area contributed by atoms with E-state index in [1.165, 1.54) is 0 Å². The number of carbonyl (C=O) groups excluding carboxylic acids is 2. The molecule has 0 aliphatic carbocycles. The molecule has 0 aromatic heterocycles. The van der Waals surface area contributed by atoms with E-state index < -0.39 is 18.2 Å². The second-order valence-corrected chi connectivity index (χ2v) is 4.83. The van der Waals surface area contributed by atoms with Gasteiger partial charge >= 0.3 is 6.09 Å². The quantitative estimate of drug-likeness (QED) is 0.789. The van der Waals surface area contributed by atoms with Crippen LogP contribution in [0.2, 0.25) is 0 Å². The fourth-order valence-electron chi connectivity index (χ4n) is 2.43. The molecule has 102 valence electrons. The van der Waals surface area contributed by atoms with Crippen molar-refractivity contribution in [3.63, 3.8) is 0 Å². The van der Waals surface area contributed by atoms with Crippen molar-refractivity contribution in [2.75, 3.05) is 26.3 Å². The van der Waals surface area contributed by atoms with Gasteiger partial charge in [-0.3, -0.25) is 4.79 Å². The van der Waals surface area contributed by atoms with Gasteiger partial charge in [-0.05, 0) is 20.3 Å². The summed E-state index contributed by atoms with van der Waals surface area (Å²) in [6.45, 7) is 6.53. The van der Waals surface area contributed by atoms with Crippen LogP contribution >= 0.6 is 0 Å². The maximum Gasteiger partial charge on any atom is 0.408 e. The average molecular weight is 256 g/mol. The summed E-state index contributed by atoms with van der Waals surface area (Å²) >= 11 is 0. The highest BCUT2D eigenvalue weighted by Gasteiger charge is 2.40. The molecule has 0 spiro atoms. The van der Waals surface area contributed by atoms with E-state index in [2.05, 4.69) is 5.32 Å². The molecule has 3 atom stereocenters. The van der Waals surface area contributed by atoms with Gasteiger partial charge in [-0.15, -0.1) is 0 Å². The molecule has 0 aromatic carbocycles. The molecule has 0 bridgehead atoms. The summed E-state index contributed by atoms with van der Waals surface area (Å²) in [4.78, 5) is 25.1. The first-order chi connectivity index (χ1) is 8.61. The number of hydrogen-bond donors (Lipinski definition) is 1. The van der Waals surface area contributed by atoms with Gasteiger partial charge in [-0.2, -0.15) is 0 Å². The van der Waals surface area contributed by atoms with Crippen molar-refractivity contribution >= 4 is 12.0 Å². The topological polar surface area (TPSA) is 67.9 Å². The van der Waals surface area contributed by atoms with Crippen LogP contribution in [0.1, 0.15) is 20.3 Å². The zero-order valence-electron chi connectivity index (χ0n) is 10.8. The fourth-order valence-corrected chi connectivity index (χ4v) is 2.43. The van der Waals surface area contributed by atoms with Crippen molar-refractivity contribution in [3.05, 3.63) is 0 Å². The Morgan fingerprint density at radius 3 is 3.00 bits per heavy atom. The number of nitrogens with one attached hydrogen (secondary N) is 1. The van der Waals surface area contributed by atoms with E-state index in [-0.39, 0.29) is 5.91 Å². The number of likely N-dealkylation sites (tertiary alicyclic amines) is 1. The Kier molecular flexibility index (Phi) is 4.06. The summed E-state index contributed by atoms with van der Waals surface area (Å²) in [6, 6.07) is -0.539. The van der Waals surface area contributed by atoms with Gasteiger partial charge in [0.25, 0.3) is 0 Å². The van der Waals surface area contributed by atoms with E-state index in [0.29, 0.717) is 25.7 Å². The summed E-state index contributed by atoms with van der Waals surface area (Å²) in [5.74, 6) is 0.356.